The Hall–Kier alpha value is -2.03. The highest BCUT2D eigenvalue weighted by atomic mass is 16.7. The number of carbonyl (C=O) groups is 3. The van der Waals surface area contributed by atoms with Gasteiger partial charge in [-0.25, -0.2) is 9.59 Å². The summed E-state index contributed by atoms with van der Waals surface area (Å²) in [6.45, 7) is 3.26. The van der Waals surface area contributed by atoms with Crippen LogP contribution >= 0.6 is 0 Å². The van der Waals surface area contributed by atoms with Crippen LogP contribution in [0.3, 0.4) is 0 Å². The van der Waals surface area contributed by atoms with Crippen molar-refractivity contribution < 1.29 is 53.8 Å². The molecule has 6 atom stereocenters. The lowest BCUT2D eigenvalue weighted by molar-refractivity contribution is -0.301. The smallest absolute Gasteiger partial charge is 0.408 e. The summed E-state index contributed by atoms with van der Waals surface area (Å²) in [6.07, 6.45) is -8.43. The molecule has 0 spiro atoms. The largest absolute Gasteiger partial charge is 0.467 e. The molecular weight excluding hydrogens is 408 g/mol. The zero-order chi connectivity index (χ0) is 23.1. The van der Waals surface area contributed by atoms with Gasteiger partial charge in [0.15, 0.2) is 12.3 Å². The van der Waals surface area contributed by atoms with Crippen molar-refractivity contribution in [2.24, 2.45) is 0 Å². The van der Waals surface area contributed by atoms with E-state index in [0.29, 0.717) is 0 Å². The van der Waals surface area contributed by atoms with E-state index in [-0.39, 0.29) is 0 Å². The maximum absolute atomic E-state index is 12.0. The lowest BCUT2D eigenvalue weighted by atomic mass is 9.99. The van der Waals surface area contributed by atoms with E-state index in [0.717, 1.165) is 7.11 Å². The van der Waals surface area contributed by atoms with Gasteiger partial charge in [0.05, 0.1) is 20.3 Å². The fourth-order valence-electron chi connectivity index (χ4n) is 2.42. The van der Waals surface area contributed by atoms with Crippen LogP contribution in [0.4, 0.5) is 4.79 Å². The third-order valence-corrected chi connectivity index (χ3v) is 3.89. The molecule has 0 aromatic rings. The van der Waals surface area contributed by atoms with E-state index in [1.54, 1.807) is 20.8 Å². The minimum atomic E-state index is -1.68. The molecule has 174 valence electrons. The summed E-state index contributed by atoms with van der Waals surface area (Å²) in [5.74, 6) is -1.64. The molecule has 13 heteroatoms. The Morgan fingerprint density at radius 2 is 1.73 bits per heavy atom. The number of amides is 2. The van der Waals surface area contributed by atoms with Gasteiger partial charge in [-0.05, 0) is 20.8 Å². The van der Waals surface area contributed by atoms with Gasteiger partial charge in [-0.2, -0.15) is 0 Å². The fourth-order valence-corrected chi connectivity index (χ4v) is 2.42. The van der Waals surface area contributed by atoms with Crippen molar-refractivity contribution in [3.63, 3.8) is 0 Å². The van der Waals surface area contributed by atoms with Crippen LogP contribution in [-0.4, -0.2) is 108 Å². The van der Waals surface area contributed by atoms with Gasteiger partial charge < -0.3 is 50.0 Å². The van der Waals surface area contributed by atoms with Gasteiger partial charge >= 0.3 is 12.1 Å². The molecule has 13 nitrogen and oxygen atoms in total. The maximum Gasteiger partial charge on any atom is 0.408 e. The molecule has 1 rings (SSSR count). The van der Waals surface area contributed by atoms with Gasteiger partial charge in [0.1, 0.15) is 36.6 Å². The van der Waals surface area contributed by atoms with E-state index in [4.69, 9.17) is 14.2 Å². The first-order chi connectivity index (χ1) is 13.9. The van der Waals surface area contributed by atoms with E-state index in [1.165, 1.54) is 0 Å². The van der Waals surface area contributed by atoms with Crippen molar-refractivity contribution in [1.82, 2.24) is 10.6 Å². The Bertz CT molecular complexity index is 593. The zero-order valence-corrected chi connectivity index (χ0v) is 17.2. The molecule has 0 aromatic heterocycles. The number of aliphatic hydroxyl groups is 4. The molecule has 1 fully saturated rings. The molecule has 1 heterocycles. The lowest BCUT2D eigenvalue weighted by Gasteiger charge is -2.39. The van der Waals surface area contributed by atoms with E-state index < -0.39 is 80.1 Å². The second-order valence-corrected chi connectivity index (χ2v) is 7.53. The highest BCUT2D eigenvalue weighted by molar-refractivity contribution is 5.87. The minimum absolute atomic E-state index is 0.498. The molecule has 0 bridgehead atoms. The molecule has 0 aliphatic carbocycles. The Kier molecular flexibility index (Phi) is 9.87. The SMILES string of the molecule is COC(=O)[C@H](CO[C@@H]1O[C@H](CO)[C@H](O)[C@H](O)[C@H]1O)NC(=O)CNC(=O)OC(C)(C)C. The Balaban J connectivity index is 2.62. The molecule has 0 unspecified atom stereocenters. The lowest BCUT2D eigenvalue weighted by Crippen LogP contribution is -2.60. The monoisotopic (exact) mass is 438 g/mol. The second-order valence-electron chi connectivity index (χ2n) is 7.53. The second kappa shape index (κ2) is 11.4. The van der Waals surface area contributed by atoms with Gasteiger partial charge in [0.2, 0.25) is 5.91 Å². The minimum Gasteiger partial charge on any atom is -0.467 e. The number of esters is 1. The third kappa shape index (κ3) is 8.01. The quantitative estimate of drug-likeness (QED) is 0.211. The Morgan fingerprint density at radius 3 is 2.27 bits per heavy atom. The molecule has 6 N–H and O–H groups in total. The van der Waals surface area contributed by atoms with Crippen LogP contribution in [0.15, 0.2) is 0 Å². The van der Waals surface area contributed by atoms with Gasteiger partial charge in [0, 0.05) is 0 Å². The predicted octanol–water partition coefficient (Wildman–Crippen LogP) is -3.01. The molecular formula is C17H30N2O11. The summed E-state index contributed by atoms with van der Waals surface area (Å²) < 4.78 is 20.0. The van der Waals surface area contributed by atoms with Gasteiger partial charge in [-0.15, -0.1) is 0 Å². The molecule has 0 saturated carbocycles. The zero-order valence-electron chi connectivity index (χ0n) is 17.2. The Labute approximate surface area is 173 Å². The van der Waals surface area contributed by atoms with Crippen LogP contribution in [0.2, 0.25) is 0 Å². The third-order valence-electron chi connectivity index (χ3n) is 3.89. The first-order valence-corrected chi connectivity index (χ1v) is 9.15. The Morgan fingerprint density at radius 1 is 1.10 bits per heavy atom. The number of alkyl carbamates (subject to hydrolysis) is 1. The van der Waals surface area contributed by atoms with Gasteiger partial charge in [-0.1, -0.05) is 0 Å². The maximum atomic E-state index is 12.0. The van der Waals surface area contributed by atoms with E-state index in [9.17, 15) is 34.8 Å². The predicted molar refractivity (Wildman–Crippen MR) is 97.9 cm³/mol. The summed E-state index contributed by atoms with van der Waals surface area (Å²) in [5, 5.41) is 43.1. The topological polar surface area (TPSA) is 193 Å². The van der Waals surface area contributed by atoms with Crippen LogP contribution in [0.1, 0.15) is 20.8 Å². The average Bonchev–Trinajstić information content (AvgIpc) is 2.67. The van der Waals surface area contributed by atoms with Crippen LogP contribution in [0.25, 0.3) is 0 Å². The molecule has 0 radical (unpaired) electrons. The molecule has 30 heavy (non-hydrogen) atoms. The molecule has 1 aliphatic rings. The van der Waals surface area contributed by atoms with Crippen LogP contribution in [-0.2, 0) is 28.5 Å². The van der Waals surface area contributed by atoms with Crippen LogP contribution in [0, 0.1) is 0 Å². The first-order valence-electron chi connectivity index (χ1n) is 9.15. The van der Waals surface area contributed by atoms with Crippen LogP contribution < -0.4 is 10.6 Å². The number of rotatable bonds is 8. The summed E-state index contributed by atoms with van der Waals surface area (Å²) in [5.41, 5.74) is -0.756. The molecule has 2 amide bonds. The van der Waals surface area contributed by atoms with E-state index in [2.05, 4.69) is 15.4 Å². The van der Waals surface area contributed by atoms with Crippen molar-refractivity contribution in [3.05, 3.63) is 0 Å². The highest BCUT2D eigenvalue weighted by Gasteiger charge is 2.44. The summed E-state index contributed by atoms with van der Waals surface area (Å²) in [6, 6.07) is -1.34. The number of hydrogen-bond acceptors (Lipinski definition) is 11. The van der Waals surface area contributed by atoms with Crippen molar-refractivity contribution in [2.45, 2.75) is 63.1 Å². The number of hydrogen-bond donors (Lipinski definition) is 6. The van der Waals surface area contributed by atoms with Crippen molar-refractivity contribution in [1.29, 1.82) is 0 Å². The van der Waals surface area contributed by atoms with Crippen molar-refractivity contribution in [3.8, 4) is 0 Å². The summed E-state index contributed by atoms with van der Waals surface area (Å²) in [7, 11) is 1.08. The average molecular weight is 438 g/mol. The van der Waals surface area contributed by atoms with Gasteiger partial charge in [-0.3, -0.25) is 4.79 Å². The van der Waals surface area contributed by atoms with E-state index >= 15 is 0 Å². The number of nitrogens with one attached hydrogen (secondary N) is 2. The van der Waals surface area contributed by atoms with Crippen molar-refractivity contribution >= 4 is 18.0 Å². The molecule has 1 aliphatic heterocycles. The summed E-state index contributed by atoms with van der Waals surface area (Å²) in [4.78, 5) is 35.5. The molecule has 1 saturated heterocycles. The standard InChI is InChI=1S/C17H30N2O11/c1-17(2,3)30-16(26)18-5-10(21)19-8(14(25)27-4)7-28-15-13(24)12(23)11(22)9(6-20)29-15/h8-9,11-13,15,20,22-24H,5-7H2,1-4H3,(H,18,26)(H,19,21)/t8-,9+,11-,12-,13+,15+/m0/s1. The number of ether oxygens (including phenoxy) is 4. The normalized spacial score (nSPS) is 27.7. The van der Waals surface area contributed by atoms with E-state index in [1.807, 2.05) is 0 Å². The number of aliphatic hydroxyl groups excluding tert-OH is 4. The summed E-state index contributed by atoms with van der Waals surface area (Å²) >= 11 is 0. The van der Waals surface area contributed by atoms with Gasteiger partial charge in [0.25, 0.3) is 0 Å². The number of carbonyl (C=O) groups excluding carboxylic acids is 3. The number of methoxy groups -OCH3 is 1. The van der Waals surface area contributed by atoms with Crippen LogP contribution in [0.5, 0.6) is 0 Å². The molecule has 0 aromatic carbocycles. The first kappa shape index (κ1) is 26.0. The fraction of sp³-hybridized carbons (Fsp3) is 0.824. The van der Waals surface area contributed by atoms with Crippen molar-refractivity contribution in [2.75, 3.05) is 26.9 Å². The highest BCUT2D eigenvalue weighted by Crippen LogP contribution is 2.22.